The highest BCUT2D eigenvalue weighted by molar-refractivity contribution is 7.14. The molecule has 1 aromatic rings. The summed E-state index contributed by atoms with van der Waals surface area (Å²) in [5.41, 5.74) is 1.04. The van der Waals surface area contributed by atoms with Crippen molar-refractivity contribution >= 4 is 33.3 Å². The number of aryl methyl sites for hydroxylation is 1. The van der Waals surface area contributed by atoms with Gasteiger partial charge in [0.2, 0.25) is 0 Å². The normalized spacial score (nSPS) is 9.40. The first-order chi connectivity index (χ1) is 4.70. The van der Waals surface area contributed by atoms with Gasteiger partial charge in [0, 0.05) is 0 Å². The molecule has 0 unspecified atom stereocenters. The van der Waals surface area contributed by atoms with E-state index in [1.807, 2.05) is 18.4 Å². The Morgan fingerprint density at radius 2 is 2.50 bits per heavy atom. The third kappa shape index (κ3) is 1.72. The fourth-order valence-corrected chi connectivity index (χ4v) is 1.55. The molecule has 1 aromatic heterocycles. The Balaban J connectivity index is 2.74. The number of carbonyl (C=O) groups is 1. The van der Waals surface area contributed by atoms with E-state index in [9.17, 15) is 4.79 Å². The summed E-state index contributed by atoms with van der Waals surface area (Å²) in [5, 5.41) is 4.68. The van der Waals surface area contributed by atoms with Crippen LogP contribution in [0.4, 0.5) is 9.80 Å². The highest BCUT2D eigenvalue weighted by atomic mass is 35.5. The predicted octanol–water partition coefficient (Wildman–Crippen LogP) is 2.83. The first kappa shape index (κ1) is 7.57. The summed E-state index contributed by atoms with van der Waals surface area (Å²) >= 11 is 6.56. The Kier molecular flexibility index (Phi) is 2.29. The molecule has 0 saturated carbocycles. The van der Waals surface area contributed by atoms with Crippen molar-refractivity contribution in [3.8, 4) is 0 Å². The summed E-state index contributed by atoms with van der Waals surface area (Å²) < 4.78 is 0. The van der Waals surface area contributed by atoms with Gasteiger partial charge in [-0.25, -0.2) is 0 Å². The maximum Gasteiger partial charge on any atom is 0.318 e. The second-order valence-corrected chi connectivity index (χ2v) is 3.09. The maximum absolute atomic E-state index is 10.3. The topological polar surface area (TPSA) is 29.1 Å². The van der Waals surface area contributed by atoms with Gasteiger partial charge < -0.3 is 5.32 Å². The van der Waals surface area contributed by atoms with Crippen molar-refractivity contribution < 1.29 is 4.79 Å². The lowest BCUT2D eigenvalue weighted by Gasteiger charge is -1.95. The average Bonchev–Trinajstić information content (AvgIpc) is 2.15. The van der Waals surface area contributed by atoms with E-state index in [4.69, 9.17) is 11.6 Å². The first-order valence-corrected chi connectivity index (χ1v) is 3.96. The monoisotopic (exact) mass is 175 g/mol. The molecule has 10 heavy (non-hydrogen) atoms. The standard InChI is InChI=1S/C6H6ClNOS/c1-4-2-3-10-5(4)8-6(7)9/h2-3H,1H3,(H,8,9). The molecule has 1 rings (SSSR count). The van der Waals surface area contributed by atoms with Crippen LogP contribution in [0.5, 0.6) is 0 Å². The lowest BCUT2D eigenvalue weighted by molar-refractivity contribution is 0.269. The SMILES string of the molecule is Cc1ccsc1NC(=O)Cl. The number of carbonyl (C=O) groups excluding carboxylic acids is 1. The molecule has 0 saturated heterocycles. The Labute approximate surface area is 67.8 Å². The zero-order chi connectivity index (χ0) is 7.56. The largest absolute Gasteiger partial charge is 0.318 e. The van der Waals surface area contributed by atoms with Crippen LogP contribution in [0.1, 0.15) is 5.56 Å². The number of anilines is 1. The molecule has 54 valence electrons. The van der Waals surface area contributed by atoms with Crippen molar-refractivity contribution in [3.05, 3.63) is 17.0 Å². The summed E-state index contributed by atoms with van der Waals surface area (Å²) in [6.07, 6.45) is 0. The van der Waals surface area contributed by atoms with Gasteiger partial charge in [0.25, 0.3) is 0 Å². The molecule has 0 aromatic carbocycles. The smallest absolute Gasteiger partial charge is 0.304 e. The van der Waals surface area contributed by atoms with Gasteiger partial charge in [-0.05, 0) is 35.5 Å². The molecule has 2 nitrogen and oxygen atoms in total. The van der Waals surface area contributed by atoms with Gasteiger partial charge in [-0.15, -0.1) is 11.3 Å². The fraction of sp³-hybridized carbons (Fsp3) is 0.167. The molecule has 0 bridgehead atoms. The number of amides is 1. The number of thiophene rings is 1. The van der Waals surface area contributed by atoms with E-state index >= 15 is 0 Å². The van der Waals surface area contributed by atoms with Crippen molar-refractivity contribution in [2.45, 2.75) is 6.92 Å². The lowest BCUT2D eigenvalue weighted by Crippen LogP contribution is -1.99. The van der Waals surface area contributed by atoms with Crippen LogP contribution < -0.4 is 5.32 Å². The Bertz CT molecular complexity index is 246. The number of halogens is 1. The molecule has 1 amide bonds. The van der Waals surface area contributed by atoms with E-state index in [1.165, 1.54) is 11.3 Å². The minimum Gasteiger partial charge on any atom is -0.304 e. The highest BCUT2D eigenvalue weighted by Crippen LogP contribution is 2.21. The van der Waals surface area contributed by atoms with Crippen molar-refractivity contribution in [3.63, 3.8) is 0 Å². The molecular weight excluding hydrogens is 170 g/mol. The van der Waals surface area contributed by atoms with Gasteiger partial charge in [-0.1, -0.05) is 0 Å². The van der Waals surface area contributed by atoms with Crippen molar-refractivity contribution in [1.82, 2.24) is 0 Å². The summed E-state index contributed by atoms with van der Waals surface area (Å²) in [5.74, 6) is 0. The number of rotatable bonds is 1. The van der Waals surface area contributed by atoms with Gasteiger partial charge in [0.1, 0.15) is 0 Å². The van der Waals surface area contributed by atoms with Gasteiger partial charge in [-0.3, -0.25) is 4.79 Å². The van der Waals surface area contributed by atoms with Gasteiger partial charge >= 0.3 is 5.37 Å². The van der Waals surface area contributed by atoms with E-state index in [-0.39, 0.29) is 0 Å². The van der Waals surface area contributed by atoms with Gasteiger partial charge in [0.05, 0.1) is 5.00 Å². The number of nitrogens with one attached hydrogen (secondary N) is 1. The van der Waals surface area contributed by atoms with Crippen molar-refractivity contribution in [2.24, 2.45) is 0 Å². The second-order valence-electron chi connectivity index (χ2n) is 1.83. The molecule has 0 atom stereocenters. The molecule has 4 heteroatoms. The molecular formula is C6H6ClNOS. The van der Waals surface area contributed by atoms with Crippen molar-refractivity contribution in [1.29, 1.82) is 0 Å². The summed E-state index contributed by atoms with van der Waals surface area (Å²) in [6, 6.07) is 1.92. The minimum absolute atomic E-state index is 0.537. The third-order valence-electron chi connectivity index (χ3n) is 1.07. The Hall–Kier alpha value is -0.540. The molecule has 0 aliphatic heterocycles. The van der Waals surface area contributed by atoms with E-state index < -0.39 is 5.37 Å². The molecule has 0 aliphatic rings. The van der Waals surface area contributed by atoms with Crippen LogP contribution in [0, 0.1) is 6.92 Å². The van der Waals surface area contributed by atoms with E-state index in [0.717, 1.165) is 10.6 Å². The van der Waals surface area contributed by atoms with E-state index in [1.54, 1.807) is 0 Å². The molecule has 0 spiro atoms. The van der Waals surface area contributed by atoms with Gasteiger partial charge in [-0.2, -0.15) is 0 Å². The fourth-order valence-electron chi connectivity index (χ4n) is 0.590. The van der Waals surface area contributed by atoms with Crippen molar-refractivity contribution in [2.75, 3.05) is 5.32 Å². The van der Waals surface area contributed by atoms with Crippen LogP contribution in [-0.2, 0) is 0 Å². The zero-order valence-electron chi connectivity index (χ0n) is 5.35. The third-order valence-corrected chi connectivity index (χ3v) is 2.10. The quantitative estimate of drug-likeness (QED) is 0.516. The summed E-state index contributed by atoms with van der Waals surface area (Å²) in [4.78, 5) is 10.3. The predicted molar refractivity (Wildman–Crippen MR) is 43.9 cm³/mol. The van der Waals surface area contributed by atoms with E-state index in [0.29, 0.717) is 0 Å². The van der Waals surface area contributed by atoms with Crippen LogP contribution in [0.15, 0.2) is 11.4 Å². The molecule has 0 fully saturated rings. The summed E-state index contributed by atoms with van der Waals surface area (Å²) in [7, 11) is 0. The Morgan fingerprint density at radius 3 is 2.90 bits per heavy atom. The average molecular weight is 176 g/mol. The molecule has 1 heterocycles. The van der Waals surface area contributed by atoms with Gasteiger partial charge in [0.15, 0.2) is 0 Å². The minimum atomic E-state index is -0.537. The highest BCUT2D eigenvalue weighted by Gasteiger charge is 2.00. The second kappa shape index (κ2) is 3.03. The molecule has 0 aliphatic carbocycles. The zero-order valence-corrected chi connectivity index (χ0v) is 6.92. The number of hydrogen-bond donors (Lipinski definition) is 1. The van der Waals surface area contributed by atoms with Crippen LogP contribution in [-0.4, -0.2) is 5.37 Å². The lowest BCUT2D eigenvalue weighted by atomic mass is 10.4. The Morgan fingerprint density at radius 1 is 1.80 bits per heavy atom. The number of hydrogen-bond acceptors (Lipinski definition) is 2. The summed E-state index contributed by atoms with van der Waals surface area (Å²) in [6.45, 7) is 1.92. The van der Waals surface area contributed by atoms with E-state index in [2.05, 4.69) is 5.32 Å². The first-order valence-electron chi connectivity index (χ1n) is 2.70. The van der Waals surface area contributed by atoms with Crippen LogP contribution in [0.2, 0.25) is 0 Å². The van der Waals surface area contributed by atoms with Crippen LogP contribution >= 0.6 is 22.9 Å². The van der Waals surface area contributed by atoms with Crippen LogP contribution in [0.25, 0.3) is 0 Å². The molecule has 1 N–H and O–H groups in total. The molecule has 0 radical (unpaired) electrons. The van der Waals surface area contributed by atoms with Crippen LogP contribution in [0.3, 0.4) is 0 Å². The maximum atomic E-state index is 10.3.